The number of benzene rings is 1. The van der Waals surface area contributed by atoms with E-state index >= 15 is 0 Å². The minimum absolute atomic E-state index is 0.179. The van der Waals surface area contributed by atoms with Gasteiger partial charge in [-0.25, -0.2) is 8.78 Å². The average molecular weight is 494 g/mol. The Labute approximate surface area is 197 Å². The Morgan fingerprint density at radius 3 is 2.52 bits per heavy atom. The molecule has 33 heavy (non-hydrogen) atoms. The van der Waals surface area contributed by atoms with Crippen LogP contribution < -0.4 is 0 Å². The first-order valence-corrected chi connectivity index (χ1v) is 11.0. The molecule has 11 heteroatoms. The van der Waals surface area contributed by atoms with Gasteiger partial charge in [0.15, 0.2) is 0 Å². The monoisotopic (exact) mass is 493 g/mol. The van der Waals surface area contributed by atoms with Crippen LogP contribution in [0.1, 0.15) is 11.6 Å². The predicted molar refractivity (Wildman–Crippen MR) is 117 cm³/mol. The Balaban J connectivity index is 1.64. The van der Waals surface area contributed by atoms with Crippen LogP contribution in [0.15, 0.2) is 47.9 Å². The summed E-state index contributed by atoms with van der Waals surface area (Å²) in [5, 5.41) is 35.0. The molecular formula is C22H18ClF2N3O4S. The minimum Gasteiger partial charge on any atom is -0.394 e. The zero-order chi connectivity index (χ0) is 23.7. The summed E-state index contributed by atoms with van der Waals surface area (Å²) in [6.07, 6.45) is 7.63. The number of aromatic nitrogens is 3. The number of aliphatic hydroxyl groups is 3. The van der Waals surface area contributed by atoms with Crippen LogP contribution in [0.4, 0.5) is 8.78 Å². The van der Waals surface area contributed by atoms with Crippen molar-refractivity contribution in [2.45, 2.75) is 34.7 Å². The number of hydrogen-bond acceptors (Lipinski definition) is 7. The van der Waals surface area contributed by atoms with Crippen LogP contribution in [-0.4, -0.2) is 60.4 Å². The van der Waals surface area contributed by atoms with E-state index in [-0.39, 0.29) is 5.56 Å². The number of rotatable bonds is 5. The minimum atomic E-state index is -1.32. The third-order valence-electron chi connectivity index (χ3n) is 5.20. The van der Waals surface area contributed by atoms with Crippen LogP contribution in [0.5, 0.6) is 0 Å². The Hall–Kier alpha value is -2.52. The second kappa shape index (κ2) is 9.77. The molecule has 0 saturated carbocycles. The summed E-state index contributed by atoms with van der Waals surface area (Å²) < 4.78 is 34.7. The molecule has 1 fully saturated rings. The van der Waals surface area contributed by atoms with Gasteiger partial charge in [0.05, 0.1) is 12.8 Å². The molecule has 2 aromatic heterocycles. The van der Waals surface area contributed by atoms with E-state index in [4.69, 9.17) is 22.8 Å². The van der Waals surface area contributed by atoms with E-state index in [9.17, 15) is 24.1 Å². The van der Waals surface area contributed by atoms with Gasteiger partial charge in [0.1, 0.15) is 46.4 Å². The van der Waals surface area contributed by atoms with Crippen molar-refractivity contribution in [1.29, 1.82) is 0 Å². The number of ether oxygens (including phenoxy) is 1. The van der Waals surface area contributed by atoms with Gasteiger partial charge < -0.3 is 20.1 Å². The summed E-state index contributed by atoms with van der Waals surface area (Å²) in [4.78, 5) is 4.67. The van der Waals surface area contributed by atoms with E-state index in [0.29, 0.717) is 16.0 Å². The van der Waals surface area contributed by atoms with Crippen LogP contribution >= 0.6 is 23.4 Å². The third-order valence-corrected chi connectivity index (χ3v) is 6.68. The van der Waals surface area contributed by atoms with E-state index < -0.39 is 53.1 Å². The quantitative estimate of drug-likeness (QED) is 0.371. The molecule has 3 heterocycles. The molecule has 0 spiro atoms. The number of hydrogen-bond donors (Lipinski definition) is 3. The van der Waals surface area contributed by atoms with Gasteiger partial charge in [-0.1, -0.05) is 29.3 Å². The summed E-state index contributed by atoms with van der Waals surface area (Å²) in [5.74, 6) is 0.621. The number of pyridine rings is 1. The molecule has 3 aromatic rings. The second-order valence-corrected chi connectivity index (χ2v) is 8.88. The number of halogens is 3. The Morgan fingerprint density at radius 1 is 1.12 bits per heavy atom. The maximum atomic E-state index is 13.9. The lowest BCUT2D eigenvalue weighted by atomic mass is 9.97. The fraction of sp³-hybridized carbons (Fsp3) is 0.273. The summed E-state index contributed by atoms with van der Waals surface area (Å²) in [6, 6.07) is 2.79. The highest BCUT2D eigenvalue weighted by Gasteiger charge is 2.46. The molecule has 0 aliphatic carbocycles. The molecule has 3 N–H and O–H groups in total. The zero-order valence-electron chi connectivity index (χ0n) is 16.8. The first-order valence-electron chi connectivity index (χ1n) is 9.72. The van der Waals surface area contributed by atoms with E-state index in [1.54, 1.807) is 12.3 Å². The fourth-order valence-electron chi connectivity index (χ4n) is 3.55. The predicted octanol–water partition coefficient (Wildman–Crippen LogP) is 2.63. The number of aliphatic hydroxyl groups excluding tert-OH is 3. The number of terminal acetylenes is 1. The topological polar surface area (TPSA) is 101 Å². The lowest BCUT2D eigenvalue weighted by Gasteiger charge is -2.42. The van der Waals surface area contributed by atoms with E-state index in [1.165, 1.54) is 23.3 Å². The van der Waals surface area contributed by atoms with Crippen LogP contribution in [-0.2, 0) is 4.74 Å². The molecular weight excluding hydrogens is 476 g/mol. The highest BCUT2D eigenvalue weighted by molar-refractivity contribution is 7.99. The molecule has 1 aliphatic rings. The molecule has 7 nitrogen and oxygen atoms in total. The van der Waals surface area contributed by atoms with Crippen molar-refractivity contribution < 1.29 is 28.8 Å². The van der Waals surface area contributed by atoms with Gasteiger partial charge in [0.2, 0.25) is 0 Å². The third kappa shape index (κ3) is 4.75. The van der Waals surface area contributed by atoms with Crippen molar-refractivity contribution in [3.05, 3.63) is 65.2 Å². The standard InChI is InChI=1S/C22H18ClF2N3O4S/c1-2-11-3-14(8-26-6-11)33-22-21(31)19(20(30)17(10-29)32-22)28-9-13(7-27-28)12-4-15(24)18(23)16(25)5-12/h1,3-9,17,19-22,29-31H,10H2/t17-,19+,20+,21-,22-/m1/s1. The van der Waals surface area contributed by atoms with Crippen molar-refractivity contribution in [3.63, 3.8) is 0 Å². The average Bonchev–Trinajstić information content (AvgIpc) is 3.29. The maximum absolute atomic E-state index is 13.9. The van der Waals surface area contributed by atoms with Gasteiger partial charge in [-0.05, 0) is 23.8 Å². The lowest BCUT2D eigenvalue weighted by molar-refractivity contribution is -0.178. The maximum Gasteiger partial charge on any atom is 0.145 e. The summed E-state index contributed by atoms with van der Waals surface area (Å²) >= 11 is 6.67. The van der Waals surface area contributed by atoms with E-state index in [1.807, 2.05) is 0 Å². The van der Waals surface area contributed by atoms with Gasteiger partial charge in [0, 0.05) is 34.6 Å². The summed E-state index contributed by atoms with van der Waals surface area (Å²) in [5.41, 5.74) is 0.160. The van der Waals surface area contributed by atoms with Gasteiger partial charge >= 0.3 is 0 Å². The highest BCUT2D eigenvalue weighted by atomic mass is 35.5. The van der Waals surface area contributed by atoms with Crippen LogP contribution in [0.25, 0.3) is 11.1 Å². The second-order valence-electron chi connectivity index (χ2n) is 7.33. The van der Waals surface area contributed by atoms with Gasteiger partial charge in [0.25, 0.3) is 0 Å². The molecule has 4 rings (SSSR count). The van der Waals surface area contributed by atoms with Gasteiger partial charge in [-0.2, -0.15) is 5.10 Å². The molecule has 0 radical (unpaired) electrons. The van der Waals surface area contributed by atoms with Crippen molar-refractivity contribution >= 4 is 23.4 Å². The van der Waals surface area contributed by atoms with Crippen molar-refractivity contribution in [3.8, 4) is 23.5 Å². The summed E-state index contributed by atoms with van der Waals surface area (Å²) in [7, 11) is 0. The highest BCUT2D eigenvalue weighted by Crippen LogP contribution is 2.38. The molecule has 0 amide bonds. The lowest BCUT2D eigenvalue weighted by Crippen LogP contribution is -2.54. The molecule has 0 unspecified atom stereocenters. The largest absolute Gasteiger partial charge is 0.394 e. The Bertz CT molecular complexity index is 1180. The van der Waals surface area contributed by atoms with Crippen molar-refractivity contribution in [2.24, 2.45) is 0 Å². The SMILES string of the molecule is C#Cc1cncc(S[C@H]2O[C@H](CO)[C@H](O)[C@H](n3cc(-c4cc(F)c(Cl)c(F)c4)cn3)[C@H]2O)c1. The Kier molecular flexibility index (Phi) is 6.99. The molecule has 1 aliphatic heterocycles. The Morgan fingerprint density at radius 2 is 1.85 bits per heavy atom. The van der Waals surface area contributed by atoms with Crippen molar-refractivity contribution in [1.82, 2.24) is 14.8 Å². The van der Waals surface area contributed by atoms with Gasteiger partial charge in [-0.15, -0.1) is 6.42 Å². The first kappa shape index (κ1) is 23.6. The fourth-order valence-corrected chi connectivity index (χ4v) is 4.74. The van der Waals surface area contributed by atoms with Gasteiger partial charge in [-0.3, -0.25) is 9.67 Å². The molecule has 172 valence electrons. The summed E-state index contributed by atoms with van der Waals surface area (Å²) in [6.45, 7) is -0.508. The number of nitrogens with zero attached hydrogens (tertiary/aromatic N) is 3. The van der Waals surface area contributed by atoms with Crippen molar-refractivity contribution in [2.75, 3.05) is 6.61 Å². The normalized spacial score (nSPS) is 25.1. The van der Waals surface area contributed by atoms with Crippen LogP contribution in [0, 0.1) is 24.0 Å². The smallest absolute Gasteiger partial charge is 0.145 e. The van der Waals surface area contributed by atoms with E-state index in [2.05, 4.69) is 16.0 Å². The van der Waals surface area contributed by atoms with Crippen LogP contribution in [0.2, 0.25) is 5.02 Å². The molecule has 0 bridgehead atoms. The first-order chi connectivity index (χ1) is 15.8. The van der Waals surface area contributed by atoms with Crippen LogP contribution in [0.3, 0.4) is 0 Å². The molecule has 5 atom stereocenters. The molecule has 1 saturated heterocycles. The molecule has 1 aromatic carbocycles. The van der Waals surface area contributed by atoms with E-state index in [0.717, 1.165) is 23.9 Å². The zero-order valence-corrected chi connectivity index (χ0v) is 18.4. The number of thioether (sulfide) groups is 1.